The number of nitrogens with one attached hydrogen (secondary N) is 1. The molecule has 0 unspecified atom stereocenters. The first-order valence-corrected chi connectivity index (χ1v) is 13.4. The van der Waals surface area contributed by atoms with E-state index < -0.39 is 31.0 Å². The average Bonchev–Trinajstić information content (AvgIpc) is 3.22. The number of thiophene rings is 1. The molecule has 1 aliphatic rings. The summed E-state index contributed by atoms with van der Waals surface area (Å²) >= 11 is 1.63. The molecule has 2 aromatic rings. The normalized spacial score (nSPS) is 21.8. The third-order valence-electron chi connectivity index (χ3n) is 4.58. The Labute approximate surface area is 170 Å². The van der Waals surface area contributed by atoms with Crippen LogP contribution < -0.4 is 10.1 Å². The predicted octanol–water partition coefficient (Wildman–Crippen LogP) is 2.31. The number of sulfone groups is 2. The van der Waals surface area contributed by atoms with Crippen molar-refractivity contribution in [1.29, 1.82) is 0 Å². The second-order valence-electron chi connectivity index (χ2n) is 7.19. The largest absolute Gasteiger partial charge is 0.491 e. The Balaban J connectivity index is 1.75. The smallest absolute Gasteiger partial charge is 0.183 e. The van der Waals surface area contributed by atoms with Gasteiger partial charge in [-0.25, -0.2) is 16.8 Å². The van der Waals surface area contributed by atoms with Crippen LogP contribution in [0.2, 0.25) is 0 Å². The summed E-state index contributed by atoms with van der Waals surface area (Å²) in [5.74, 6) is 0.0742. The van der Waals surface area contributed by atoms with Crippen molar-refractivity contribution in [3.8, 4) is 5.75 Å². The summed E-state index contributed by atoms with van der Waals surface area (Å²) in [4.78, 5) is 1.30. The second kappa shape index (κ2) is 8.52. The fourth-order valence-corrected chi connectivity index (χ4v) is 8.73. The molecule has 2 atom stereocenters. The van der Waals surface area contributed by atoms with E-state index in [0.717, 1.165) is 6.42 Å². The van der Waals surface area contributed by atoms with Gasteiger partial charge in [0.25, 0.3) is 0 Å². The van der Waals surface area contributed by atoms with Crippen LogP contribution in [0.5, 0.6) is 5.75 Å². The molecule has 3 rings (SSSR count). The first-order valence-electron chi connectivity index (χ1n) is 9.14. The van der Waals surface area contributed by atoms with Crippen LogP contribution in [0.15, 0.2) is 46.7 Å². The SMILES string of the molecule is CC(C)Oc1ccc(S(=O)(=O)[C@H]2CS(=O)(=O)C[C@@H]2NCCc2cccs2)cc1. The maximum atomic E-state index is 13.1. The fourth-order valence-electron chi connectivity index (χ4n) is 3.30. The lowest BCUT2D eigenvalue weighted by molar-refractivity contribution is 0.242. The zero-order chi connectivity index (χ0) is 20.4. The highest BCUT2D eigenvalue weighted by Gasteiger charge is 2.45. The summed E-state index contributed by atoms with van der Waals surface area (Å²) in [5.41, 5.74) is 0. The molecule has 1 N–H and O–H groups in total. The summed E-state index contributed by atoms with van der Waals surface area (Å²) in [5, 5.41) is 4.16. The summed E-state index contributed by atoms with van der Waals surface area (Å²) < 4.78 is 56.1. The van der Waals surface area contributed by atoms with E-state index in [-0.39, 0.29) is 22.5 Å². The van der Waals surface area contributed by atoms with E-state index in [1.165, 1.54) is 17.0 Å². The highest BCUT2D eigenvalue weighted by molar-refractivity contribution is 7.96. The fraction of sp³-hybridized carbons (Fsp3) is 0.474. The van der Waals surface area contributed by atoms with Crippen LogP contribution in [0.4, 0.5) is 0 Å². The minimum Gasteiger partial charge on any atom is -0.491 e. The van der Waals surface area contributed by atoms with Crippen molar-refractivity contribution < 1.29 is 21.6 Å². The summed E-state index contributed by atoms with van der Waals surface area (Å²) in [6, 6.07) is 9.54. The summed E-state index contributed by atoms with van der Waals surface area (Å²) in [6.07, 6.45) is 0.724. The molecule has 1 aliphatic heterocycles. The number of hydrogen-bond acceptors (Lipinski definition) is 7. The predicted molar refractivity (Wildman–Crippen MR) is 112 cm³/mol. The average molecular weight is 444 g/mol. The molecule has 154 valence electrons. The number of benzene rings is 1. The van der Waals surface area contributed by atoms with Crippen molar-refractivity contribution in [2.75, 3.05) is 18.1 Å². The van der Waals surface area contributed by atoms with Crippen molar-refractivity contribution in [1.82, 2.24) is 5.32 Å². The van der Waals surface area contributed by atoms with Crippen molar-refractivity contribution in [3.05, 3.63) is 46.7 Å². The third kappa shape index (κ3) is 5.14. The maximum absolute atomic E-state index is 13.1. The highest BCUT2D eigenvalue weighted by atomic mass is 32.2. The van der Waals surface area contributed by atoms with Gasteiger partial charge in [-0.15, -0.1) is 11.3 Å². The molecule has 9 heteroatoms. The lowest BCUT2D eigenvalue weighted by Gasteiger charge is -2.20. The molecule has 0 amide bonds. The Kier molecular flexibility index (Phi) is 6.48. The monoisotopic (exact) mass is 443 g/mol. The van der Waals surface area contributed by atoms with Gasteiger partial charge in [-0.2, -0.15) is 0 Å². The van der Waals surface area contributed by atoms with Crippen LogP contribution in [0, 0.1) is 0 Å². The van der Waals surface area contributed by atoms with Gasteiger partial charge in [-0.1, -0.05) is 6.07 Å². The minimum atomic E-state index is -3.78. The standard InChI is InChI=1S/C19H25NO5S3/c1-14(2)25-15-5-7-17(8-6-15)28(23,24)19-13-27(21,22)12-18(19)20-10-9-16-4-3-11-26-16/h3-8,11,14,18-20H,9-10,12-13H2,1-2H3/t18-,19-/m0/s1. The van der Waals surface area contributed by atoms with Crippen LogP contribution in [-0.2, 0) is 26.1 Å². The van der Waals surface area contributed by atoms with Crippen molar-refractivity contribution in [2.45, 2.75) is 42.6 Å². The van der Waals surface area contributed by atoms with Gasteiger partial charge < -0.3 is 10.1 Å². The molecule has 0 saturated carbocycles. The van der Waals surface area contributed by atoms with Crippen molar-refractivity contribution in [3.63, 3.8) is 0 Å². The summed E-state index contributed by atoms with van der Waals surface area (Å²) in [6.45, 7) is 4.31. The minimum absolute atomic E-state index is 0.0145. The van der Waals surface area contributed by atoms with Crippen LogP contribution in [0.25, 0.3) is 0 Å². The second-order valence-corrected chi connectivity index (χ2v) is 12.5. The zero-order valence-electron chi connectivity index (χ0n) is 15.9. The van der Waals surface area contributed by atoms with Gasteiger partial charge in [0.2, 0.25) is 0 Å². The third-order valence-corrected chi connectivity index (χ3v) is 9.68. The Morgan fingerprint density at radius 3 is 2.50 bits per heavy atom. The Morgan fingerprint density at radius 2 is 1.89 bits per heavy atom. The molecule has 0 radical (unpaired) electrons. The van der Waals surface area contributed by atoms with Crippen LogP contribution in [-0.4, -0.2) is 52.3 Å². The number of rotatable bonds is 8. The van der Waals surface area contributed by atoms with Gasteiger partial charge >= 0.3 is 0 Å². The van der Waals surface area contributed by atoms with E-state index in [2.05, 4.69) is 5.32 Å². The Morgan fingerprint density at radius 1 is 1.18 bits per heavy atom. The zero-order valence-corrected chi connectivity index (χ0v) is 18.3. The van der Waals surface area contributed by atoms with Gasteiger partial charge in [-0.05, 0) is 56.0 Å². The van der Waals surface area contributed by atoms with Crippen LogP contribution in [0.3, 0.4) is 0 Å². The van der Waals surface area contributed by atoms with E-state index in [1.54, 1.807) is 23.5 Å². The van der Waals surface area contributed by atoms with E-state index in [9.17, 15) is 16.8 Å². The molecule has 28 heavy (non-hydrogen) atoms. The highest BCUT2D eigenvalue weighted by Crippen LogP contribution is 2.27. The molecule has 0 aliphatic carbocycles. The Hall–Kier alpha value is -1.42. The topological polar surface area (TPSA) is 89.5 Å². The van der Waals surface area contributed by atoms with Gasteiger partial charge in [0.1, 0.15) is 5.75 Å². The number of ether oxygens (including phenoxy) is 1. The quantitative estimate of drug-likeness (QED) is 0.673. The van der Waals surface area contributed by atoms with Crippen LogP contribution in [0.1, 0.15) is 18.7 Å². The number of hydrogen-bond donors (Lipinski definition) is 1. The first-order chi connectivity index (χ1) is 13.2. The van der Waals surface area contributed by atoms with Gasteiger partial charge in [0, 0.05) is 17.5 Å². The van der Waals surface area contributed by atoms with Gasteiger partial charge in [0.05, 0.1) is 27.8 Å². The van der Waals surface area contributed by atoms with E-state index in [0.29, 0.717) is 12.3 Å². The molecule has 1 aromatic heterocycles. The molecular weight excluding hydrogens is 418 g/mol. The summed E-state index contributed by atoms with van der Waals surface area (Å²) in [7, 11) is -7.19. The van der Waals surface area contributed by atoms with Gasteiger partial charge in [-0.3, -0.25) is 0 Å². The molecule has 6 nitrogen and oxygen atoms in total. The van der Waals surface area contributed by atoms with Crippen molar-refractivity contribution in [2.24, 2.45) is 0 Å². The van der Waals surface area contributed by atoms with E-state index >= 15 is 0 Å². The Bertz CT molecular complexity index is 981. The van der Waals surface area contributed by atoms with E-state index in [1.807, 2.05) is 31.4 Å². The lowest BCUT2D eigenvalue weighted by atomic mass is 10.2. The van der Waals surface area contributed by atoms with Crippen molar-refractivity contribution >= 4 is 31.0 Å². The van der Waals surface area contributed by atoms with Gasteiger partial charge in [0.15, 0.2) is 19.7 Å². The maximum Gasteiger partial charge on any atom is 0.183 e. The molecule has 2 heterocycles. The molecular formula is C19H25NO5S3. The van der Waals surface area contributed by atoms with E-state index in [4.69, 9.17) is 4.74 Å². The molecule has 0 bridgehead atoms. The first kappa shape index (κ1) is 21.3. The lowest BCUT2D eigenvalue weighted by Crippen LogP contribution is -2.44. The molecule has 0 spiro atoms. The molecule has 1 fully saturated rings. The van der Waals surface area contributed by atoms with Crippen LogP contribution >= 0.6 is 11.3 Å². The molecule has 1 aromatic carbocycles. The molecule has 1 saturated heterocycles.